The molecule has 2 fully saturated rings. The first-order valence-electron chi connectivity index (χ1n) is 15.0. The van der Waals surface area contributed by atoms with E-state index >= 15 is 0 Å². The normalized spacial score (nSPS) is 16.3. The fourth-order valence-corrected chi connectivity index (χ4v) is 5.83. The molecule has 1 saturated heterocycles. The van der Waals surface area contributed by atoms with Crippen LogP contribution in [-0.2, 0) is 20.9 Å². The summed E-state index contributed by atoms with van der Waals surface area (Å²) in [5, 5.41) is 5.75. The van der Waals surface area contributed by atoms with Crippen LogP contribution in [0.3, 0.4) is 0 Å². The Kier molecular flexibility index (Phi) is 10.6. The molecule has 1 aliphatic carbocycles. The molecule has 0 unspecified atom stereocenters. The molecule has 1 aromatic heterocycles. The third kappa shape index (κ3) is 8.02. The van der Waals surface area contributed by atoms with E-state index in [1.54, 1.807) is 18.3 Å². The van der Waals surface area contributed by atoms with E-state index < -0.39 is 18.0 Å². The highest BCUT2D eigenvalue weighted by Gasteiger charge is 2.30. The zero-order valence-electron chi connectivity index (χ0n) is 24.8. The van der Waals surface area contributed by atoms with Gasteiger partial charge >= 0.3 is 6.09 Å². The van der Waals surface area contributed by atoms with Crippen LogP contribution in [0.5, 0.6) is 0 Å². The number of fused-ring (bicyclic) bond motifs is 1. The molecule has 5 rings (SSSR count). The molecule has 2 heterocycles. The molecular weight excluding hydrogens is 587 g/mol. The fourth-order valence-electron chi connectivity index (χ4n) is 5.64. The van der Waals surface area contributed by atoms with Crippen molar-refractivity contribution in [1.82, 2.24) is 25.2 Å². The van der Waals surface area contributed by atoms with Crippen molar-refractivity contribution in [2.24, 2.45) is 0 Å². The lowest BCUT2D eigenvalue weighted by Crippen LogP contribution is -2.54. The Morgan fingerprint density at radius 1 is 1.09 bits per heavy atom. The molecule has 12 heteroatoms. The van der Waals surface area contributed by atoms with E-state index in [1.807, 2.05) is 29.2 Å². The minimum atomic E-state index is -0.743. The predicted molar refractivity (Wildman–Crippen MR) is 166 cm³/mol. The second kappa shape index (κ2) is 14.8. The molecule has 1 aliphatic heterocycles. The molecular formula is C32H38ClFN6O4. The number of carbonyl (C=O) groups excluding carboxylic acids is 3. The van der Waals surface area contributed by atoms with Crippen LogP contribution in [0.1, 0.15) is 44.6 Å². The van der Waals surface area contributed by atoms with Crippen molar-refractivity contribution in [3.63, 3.8) is 0 Å². The van der Waals surface area contributed by atoms with Crippen molar-refractivity contribution in [3.05, 3.63) is 71.1 Å². The first kappa shape index (κ1) is 31.6. The predicted octanol–water partition coefficient (Wildman–Crippen LogP) is 4.97. The monoisotopic (exact) mass is 624 g/mol. The summed E-state index contributed by atoms with van der Waals surface area (Å²) in [6.07, 6.45) is 5.06. The van der Waals surface area contributed by atoms with E-state index in [4.69, 9.17) is 16.3 Å². The van der Waals surface area contributed by atoms with E-state index in [-0.39, 0.29) is 42.8 Å². The van der Waals surface area contributed by atoms with Crippen molar-refractivity contribution >= 4 is 46.1 Å². The second-order valence-electron chi connectivity index (χ2n) is 11.3. The minimum absolute atomic E-state index is 0.00949. The summed E-state index contributed by atoms with van der Waals surface area (Å²) in [6, 6.07) is 13.8. The molecule has 3 amide bonds. The van der Waals surface area contributed by atoms with E-state index in [0.29, 0.717) is 30.5 Å². The second-order valence-corrected chi connectivity index (χ2v) is 11.6. The number of carbonyl (C=O) groups is 3. The van der Waals surface area contributed by atoms with Gasteiger partial charge < -0.3 is 9.64 Å². The van der Waals surface area contributed by atoms with Crippen LogP contribution in [-0.4, -0.2) is 82.6 Å². The van der Waals surface area contributed by atoms with Crippen LogP contribution >= 0.6 is 11.6 Å². The molecule has 2 N–H and O–H groups in total. The molecule has 0 radical (unpaired) electrons. The molecule has 0 bridgehead atoms. The van der Waals surface area contributed by atoms with Crippen molar-refractivity contribution < 1.29 is 23.5 Å². The van der Waals surface area contributed by atoms with Gasteiger partial charge in [0.15, 0.2) is 0 Å². The Morgan fingerprint density at radius 3 is 2.55 bits per heavy atom. The average molecular weight is 625 g/mol. The van der Waals surface area contributed by atoms with Gasteiger partial charge in [0.2, 0.25) is 11.8 Å². The highest BCUT2D eigenvalue weighted by molar-refractivity contribution is 6.31. The number of anilines is 1. The van der Waals surface area contributed by atoms with Crippen LogP contribution in [0.4, 0.5) is 15.0 Å². The number of pyridine rings is 1. The number of amides is 3. The summed E-state index contributed by atoms with van der Waals surface area (Å²) < 4.78 is 19.6. The first-order valence-corrected chi connectivity index (χ1v) is 15.4. The number of piperazine rings is 1. The molecule has 2 aromatic carbocycles. The first-order chi connectivity index (χ1) is 21.3. The third-order valence-electron chi connectivity index (χ3n) is 8.39. The summed E-state index contributed by atoms with van der Waals surface area (Å²) in [4.78, 5) is 47.4. The highest BCUT2D eigenvalue weighted by atomic mass is 35.5. The smallest absolute Gasteiger partial charge is 0.412 e. The standard InChI is InChI=1S/C32H38ClFN6O4/c1-22(41)40(36-20-25-8-4-11-28(34)31(25)33)27(12-13-30(42)39-16-14-38(15-17-39)26-9-5-10-26)21-44-32(43)37-29-18-23-6-2-3-7-24(23)19-35-29/h2-4,6-8,11,18-19,26-27,36H,5,9-10,12-17,20-21H2,1H3,(H,35,37,43)/t27-/m0/s1. The summed E-state index contributed by atoms with van der Waals surface area (Å²) >= 11 is 6.13. The summed E-state index contributed by atoms with van der Waals surface area (Å²) in [5.41, 5.74) is 3.47. The molecule has 10 nitrogen and oxygen atoms in total. The Bertz CT molecular complexity index is 1480. The maximum Gasteiger partial charge on any atom is 0.412 e. The number of benzene rings is 2. The van der Waals surface area contributed by atoms with E-state index in [0.717, 1.165) is 23.9 Å². The molecule has 1 atom stereocenters. The number of rotatable bonds is 11. The Hall–Kier alpha value is -3.80. The zero-order valence-corrected chi connectivity index (χ0v) is 25.6. The number of aromatic nitrogens is 1. The number of ether oxygens (including phenoxy) is 1. The van der Waals surface area contributed by atoms with Crippen LogP contribution in [0.2, 0.25) is 5.02 Å². The van der Waals surface area contributed by atoms with Crippen LogP contribution < -0.4 is 10.7 Å². The molecule has 2 aliphatic rings. The molecule has 234 valence electrons. The molecule has 1 saturated carbocycles. The Balaban J connectivity index is 1.22. The van der Waals surface area contributed by atoms with Crippen molar-refractivity contribution in [2.75, 3.05) is 38.1 Å². The average Bonchev–Trinajstić information content (AvgIpc) is 2.99. The summed E-state index contributed by atoms with van der Waals surface area (Å²) in [7, 11) is 0. The molecule has 44 heavy (non-hydrogen) atoms. The van der Waals surface area contributed by atoms with Gasteiger partial charge in [-0.25, -0.2) is 19.6 Å². The lowest BCUT2D eigenvalue weighted by atomic mass is 9.91. The number of hydrazine groups is 1. The van der Waals surface area contributed by atoms with Crippen LogP contribution in [0.15, 0.2) is 54.7 Å². The largest absolute Gasteiger partial charge is 0.447 e. The number of nitrogens with one attached hydrogen (secondary N) is 2. The summed E-state index contributed by atoms with van der Waals surface area (Å²) in [6.45, 7) is 4.30. The molecule has 0 spiro atoms. The quantitative estimate of drug-likeness (QED) is 0.290. The topological polar surface area (TPSA) is 107 Å². The van der Waals surface area contributed by atoms with Gasteiger partial charge in [-0.1, -0.05) is 54.4 Å². The van der Waals surface area contributed by atoms with Crippen molar-refractivity contribution in [1.29, 1.82) is 0 Å². The van der Waals surface area contributed by atoms with Gasteiger partial charge in [0.05, 0.1) is 11.1 Å². The van der Waals surface area contributed by atoms with Gasteiger partial charge in [-0.05, 0) is 42.3 Å². The van der Waals surface area contributed by atoms with Gasteiger partial charge in [-0.15, -0.1) is 0 Å². The third-order valence-corrected chi connectivity index (χ3v) is 8.82. The van der Waals surface area contributed by atoms with Gasteiger partial charge in [0.25, 0.3) is 0 Å². The number of hydrogen-bond donors (Lipinski definition) is 2. The number of halogens is 2. The maximum atomic E-state index is 14.0. The van der Waals surface area contributed by atoms with Gasteiger partial charge in [0, 0.05) is 63.7 Å². The highest BCUT2D eigenvalue weighted by Crippen LogP contribution is 2.26. The number of hydrogen-bond acceptors (Lipinski definition) is 7. The summed E-state index contributed by atoms with van der Waals surface area (Å²) in [5.74, 6) is -0.611. The lowest BCUT2D eigenvalue weighted by Gasteiger charge is -2.43. The fraction of sp³-hybridized carbons (Fsp3) is 0.438. The Labute approximate surface area is 261 Å². The minimum Gasteiger partial charge on any atom is -0.447 e. The SMILES string of the molecule is CC(=O)N(NCc1cccc(F)c1Cl)[C@@H](CCC(=O)N1CCN(C2CCC2)CC1)COC(=O)Nc1cc2ccccc2cn1. The number of nitrogens with zero attached hydrogens (tertiary/aromatic N) is 4. The van der Waals surface area contributed by atoms with E-state index in [2.05, 4.69) is 20.6 Å². The zero-order chi connectivity index (χ0) is 31.1. The van der Waals surface area contributed by atoms with Gasteiger partial charge in [-0.2, -0.15) is 0 Å². The van der Waals surface area contributed by atoms with E-state index in [9.17, 15) is 18.8 Å². The van der Waals surface area contributed by atoms with Crippen LogP contribution in [0.25, 0.3) is 10.8 Å². The maximum absolute atomic E-state index is 14.0. The van der Waals surface area contributed by atoms with Crippen molar-refractivity contribution in [2.45, 2.75) is 57.7 Å². The van der Waals surface area contributed by atoms with Crippen molar-refractivity contribution in [3.8, 4) is 0 Å². The molecule has 3 aromatic rings. The Morgan fingerprint density at radius 2 is 1.84 bits per heavy atom. The van der Waals surface area contributed by atoms with E-state index in [1.165, 1.54) is 43.3 Å². The lowest BCUT2D eigenvalue weighted by molar-refractivity contribution is -0.139. The van der Waals surface area contributed by atoms with Gasteiger partial charge in [-0.3, -0.25) is 24.8 Å². The van der Waals surface area contributed by atoms with Crippen LogP contribution in [0, 0.1) is 5.82 Å². The van der Waals surface area contributed by atoms with Gasteiger partial charge in [0.1, 0.15) is 18.2 Å².